The number of aliphatic carboxylic acids is 1. The van der Waals surface area contributed by atoms with E-state index in [0.717, 1.165) is 5.56 Å². The minimum Gasteiger partial charge on any atom is -0.480 e. The van der Waals surface area contributed by atoms with E-state index in [-0.39, 0.29) is 12.5 Å². The molecule has 1 unspecified atom stereocenters. The second-order valence-corrected chi connectivity index (χ2v) is 4.95. The topological polar surface area (TPSA) is 69.6 Å². The van der Waals surface area contributed by atoms with E-state index < -0.39 is 12.0 Å². The molecule has 0 spiro atoms. The summed E-state index contributed by atoms with van der Waals surface area (Å²) in [6.45, 7) is 3.04. The van der Waals surface area contributed by atoms with Crippen molar-refractivity contribution in [2.45, 2.75) is 13.0 Å². The first-order valence-electron chi connectivity index (χ1n) is 6.01. The van der Waals surface area contributed by atoms with E-state index in [2.05, 4.69) is 5.32 Å². The molecular formula is C13H15ClN2O3. The van der Waals surface area contributed by atoms with Crippen LogP contribution in [0.15, 0.2) is 18.2 Å². The number of carbonyl (C=O) groups excluding carboxylic acids is 1. The Morgan fingerprint density at radius 2 is 2.21 bits per heavy atom. The molecule has 1 aromatic rings. The number of piperazine rings is 1. The van der Waals surface area contributed by atoms with Crippen molar-refractivity contribution in [3.8, 4) is 0 Å². The zero-order valence-electron chi connectivity index (χ0n) is 10.5. The van der Waals surface area contributed by atoms with Crippen molar-refractivity contribution in [3.05, 3.63) is 34.3 Å². The molecule has 0 aromatic heterocycles. The molecule has 5 nitrogen and oxygen atoms in total. The number of hydrogen-bond donors (Lipinski definition) is 2. The lowest BCUT2D eigenvalue weighted by Crippen LogP contribution is -2.57. The standard InChI is InChI=1S/C13H15ClN2O3/c1-8-2-3-9(14)6-10(8)12(17)16-5-4-15-7-11(16)13(18)19/h2-3,6,11,15H,4-5,7H2,1H3,(H,18,19). The average molecular weight is 283 g/mol. The van der Waals surface area contributed by atoms with Gasteiger partial charge in [-0.25, -0.2) is 4.79 Å². The Bertz CT molecular complexity index is 519. The van der Waals surface area contributed by atoms with Crippen LogP contribution in [0.1, 0.15) is 15.9 Å². The zero-order chi connectivity index (χ0) is 14.0. The molecule has 1 aliphatic heterocycles. The summed E-state index contributed by atoms with van der Waals surface area (Å²) in [6, 6.07) is 4.22. The number of rotatable bonds is 2. The first-order chi connectivity index (χ1) is 9.00. The van der Waals surface area contributed by atoms with E-state index in [9.17, 15) is 9.59 Å². The van der Waals surface area contributed by atoms with Gasteiger partial charge >= 0.3 is 5.97 Å². The Hall–Kier alpha value is -1.59. The van der Waals surface area contributed by atoms with Crippen molar-refractivity contribution in [2.24, 2.45) is 0 Å². The molecule has 2 rings (SSSR count). The quantitative estimate of drug-likeness (QED) is 0.854. The number of nitrogens with zero attached hydrogens (tertiary/aromatic N) is 1. The van der Waals surface area contributed by atoms with E-state index in [4.69, 9.17) is 16.7 Å². The van der Waals surface area contributed by atoms with E-state index in [1.807, 2.05) is 6.92 Å². The molecule has 19 heavy (non-hydrogen) atoms. The Morgan fingerprint density at radius 1 is 1.47 bits per heavy atom. The fourth-order valence-electron chi connectivity index (χ4n) is 2.15. The lowest BCUT2D eigenvalue weighted by Gasteiger charge is -2.33. The number of halogens is 1. The van der Waals surface area contributed by atoms with Gasteiger partial charge in [0, 0.05) is 30.2 Å². The number of carboxylic acids is 1. The predicted molar refractivity (Wildman–Crippen MR) is 71.5 cm³/mol. The van der Waals surface area contributed by atoms with E-state index in [0.29, 0.717) is 23.7 Å². The lowest BCUT2D eigenvalue weighted by atomic mass is 10.1. The molecule has 102 valence electrons. The Balaban J connectivity index is 2.31. The van der Waals surface area contributed by atoms with Crippen LogP contribution < -0.4 is 5.32 Å². The smallest absolute Gasteiger partial charge is 0.327 e. The number of carboxylic acid groups (broad SMARTS) is 1. The first kappa shape index (κ1) is 13.8. The van der Waals surface area contributed by atoms with Gasteiger partial charge in [0.15, 0.2) is 0 Å². The zero-order valence-corrected chi connectivity index (χ0v) is 11.3. The highest BCUT2D eigenvalue weighted by Gasteiger charge is 2.32. The van der Waals surface area contributed by atoms with Crippen LogP contribution in [-0.4, -0.2) is 47.6 Å². The van der Waals surface area contributed by atoms with Gasteiger partial charge in [-0.1, -0.05) is 17.7 Å². The number of nitrogens with one attached hydrogen (secondary N) is 1. The fourth-order valence-corrected chi connectivity index (χ4v) is 2.32. The summed E-state index contributed by atoms with van der Waals surface area (Å²) in [4.78, 5) is 25.0. The highest BCUT2D eigenvalue weighted by atomic mass is 35.5. The predicted octanol–water partition coefficient (Wildman–Crippen LogP) is 1.15. The maximum absolute atomic E-state index is 12.5. The Labute approximate surface area is 116 Å². The highest BCUT2D eigenvalue weighted by Crippen LogP contribution is 2.19. The molecule has 1 aliphatic rings. The summed E-state index contributed by atoms with van der Waals surface area (Å²) < 4.78 is 0. The minimum absolute atomic E-state index is 0.265. The molecule has 1 atom stereocenters. The van der Waals surface area contributed by atoms with E-state index >= 15 is 0 Å². The van der Waals surface area contributed by atoms with Gasteiger partial charge in [-0.3, -0.25) is 4.79 Å². The molecule has 1 fully saturated rings. The van der Waals surface area contributed by atoms with Gasteiger partial charge in [-0.2, -0.15) is 0 Å². The monoisotopic (exact) mass is 282 g/mol. The number of amides is 1. The van der Waals surface area contributed by atoms with Crippen LogP contribution in [-0.2, 0) is 4.79 Å². The molecule has 1 saturated heterocycles. The van der Waals surface area contributed by atoms with Gasteiger partial charge in [0.25, 0.3) is 5.91 Å². The largest absolute Gasteiger partial charge is 0.480 e. The van der Waals surface area contributed by atoms with Gasteiger partial charge in [-0.05, 0) is 24.6 Å². The summed E-state index contributed by atoms with van der Waals surface area (Å²) in [5, 5.41) is 12.6. The SMILES string of the molecule is Cc1ccc(Cl)cc1C(=O)N1CCNCC1C(=O)O. The third kappa shape index (κ3) is 2.88. The van der Waals surface area contributed by atoms with Crippen molar-refractivity contribution in [2.75, 3.05) is 19.6 Å². The van der Waals surface area contributed by atoms with E-state index in [1.54, 1.807) is 18.2 Å². The molecule has 6 heteroatoms. The van der Waals surface area contributed by atoms with Crippen LogP contribution in [0, 0.1) is 6.92 Å². The summed E-state index contributed by atoms with van der Waals surface area (Å²) in [5.41, 5.74) is 1.25. The molecular weight excluding hydrogens is 268 g/mol. The van der Waals surface area contributed by atoms with Gasteiger partial charge in [0.2, 0.25) is 0 Å². The van der Waals surface area contributed by atoms with Crippen LogP contribution >= 0.6 is 11.6 Å². The normalized spacial score (nSPS) is 19.3. The number of carbonyl (C=O) groups is 2. The number of aryl methyl sites for hydroxylation is 1. The molecule has 0 bridgehead atoms. The van der Waals surface area contributed by atoms with Crippen molar-refractivity contribution < 1.29 is 14.7 Å². The molecule has 1 amide bonds. The maximum Gasteiger partial charge on any atom is 0.327 e. The van der Waals surface area contributed by atoms with Crippen molar-refractivity contribution >= 4 is 23.5 Å². The van der Waals surface area contributed by atoms with Crippen LogP contribution in [0.3, 0.4) is 0 Å². The molecule has 1 aromatic carbocycles. The minimum atomic E-state index is -1.000. The average Bonchev–Trinajstić information content (AvgIpc) is 2.40. The van der Waals surface area contributed by atoms with E-state index in [1.165, 1.54) is 4.90 Å². The van der Waals surface area contributed by atoms with Gasteiger partial charge in [0.1, 0.15) is 6.04 Å². The number of hydrogen-bond acceptors (Lipinski definition) is 3. The summed E-state index contributed by atoms with van der Waals surface area (Å²) >= 11 is 5.90. The Kier molecular flexibility index (Phi) is 4.07. The Morgan fingerprint density at radius 3 is 2.89 bits per heavy atom. The third-order valence-electron chi connectivity index (χ3n) is 3.22. The summed E-state index contributed by atoms with van der Waals surface area (Å²) in [7, 11) is 0. The third-order valence-corrected chi connectivity index (χ3v) is 3.45. The van der Waals surface area contributed by atoms with Crippen LogP contribution in [0.25, 0.3) is 0 Å². The van der Waals surface area contributed by atoms with Gasteiger partial charge in [0.05, 0.1) is 0 Å². The highest BCUT2D eigenvalue weighted by molar-refractivity contribution is 6.31. The molecule has 1 heterocycles. The summed E-state index contributed by atoms with van der Waals surface area (Å²) in [5.74, 6) is -1.28. The number of benzene rings is 1. The van der Waals surface area contributed by atoms with Gasteiger partial charge < -0.3 is 15.3 Å². The van der Waals surface area contributed by atoms with Crippen molar-refractivity contribution in [3.63, 3.8) is 0 Å². The second-order valence-electron chi connectivity index (χ2n) is 4.52. The molecule has 0 aliphatic carbocycles. The maximum atomic E-state index is 12.5. The fraction of sp³-hybridized carbons (Fsp3) is 0.385. The lowest BCUT2D eigenvalue weighted by molar-refractivity contribution is -0.142. The van der Waals surface area contributed by atoms with Gasteiger partial charge in [-0.15, -0.1) is 0 Å². The van der Waals surface area contributed by atoms with Crippen molar-refractivity contribution in [1.82, 2.24) is 10.2 Å². The van der Waals surface area contributed by atoms with Crippen LogP contribution in [0.2, 0.25) is 5.02 Å². The summed E-state index contributed by atoms with van der Waals surface area (Å²) in [6.07, 6.45) is 0. The molecule has 2 N–H and O–H groups in total. The second kappa shape index (κ2) is 5.59. The van der Waals surface area contributed by atoms with Crippen LogP contribution in [0.5, 0.6) is 0 Å². The molecule has 0 radical (unpaired) electrons. The first-order valence-corrected chi connectivity index (χ1v) is 6.39. The van der Waals surface area contributed by atoms with Crippen LogP contribution in [0.4, 0.5) is 0 Å². The van der Waals surface area contributed by atoms with Crippen molar-refractivity contribution in [1.29, 1.82) is 0 Å². The molecule has 0 saturated carbocycles.